The molecule has 2 fully saturated rings. The first-order valence-electron chi connectivity index (χ1n) is 8.89. The second-order valence-corrected chi connectivity index (χ2v) is 8.39. The molecule has 26 heavy (non-hydrogen) atoms. The van der Waals surface area contributed by atoms with Gasteiger partial charge < -0.3 is 10.6 Å². The molecular formula is C18H24ClN5OS. The maximum Gasteiger partial charge on any atom is 0.273 e. The molecule has 4 rings (SSSR count). The summed E-state index contributed by atoms with van der Waals surface area (Å²) < 4.78 is 1.99. The summed E-state index contributed by atoms with van der Waals surface area (Å²) in [6.45, 7) is 2.65. The van der Waals surface area contributed by atoms with E-state index in [0.717, 1.165) is 38.8 Å². The molecule has 0 atom stereocenters. The number of nitrogens with one attached hydrogen (secondary N) is 2. The van der Waals surface area contributed by atoms with Crippen molar-refractivity contribution in [1.29, 1.82) is 0 Å². The summed E-state index contributed by atoms with van der Waals surface area (Å²) >= 11 is 1.86. The first-order chi connectivity index (χ1) is 12.2. The van der Waals surface area contributed by atoms with Crippen molar-refractivity contribution in [2.75, 3.05) is 19.6 Å². The molecule has 1 aromatic carbocycles. The number of carbonyl (C=O) groups is 1. The molecular weight excluding hydrogens is 370 g/mol. The van der Waals surface area contributed by atoms with Crippen molar-refractivity contribution in [2.24, 2.45) is 0 Å². The molecule has 1 amide bonds. The maximum absolute atomic E-state index is 12.4. The molecule has 2 aliphatic rings. The Morgan fingerprint density at radius 2 is 2.00 bits per heavy atom. The van der Waals surface area contributed by atoms with Gasteiger partial charge >= 0.3 is 0 Å². The van der Waals surface area contributed by atoms with Crippen LogP contribution >= 0.6 is 24.2 Å². The van der Waals surface area contributed by atoms with E-state index in [1.807, 2.05) is 22.5 Å². The van der Waals surface area contributed by atoms with Crippen molar-refractivity contribution < 1.29 is 4.79 Å². The number of aromatic nitrogens is 3. The van der Waals surface area contributed by atoms with Crippen LogP contribution in [0, 0.1) is 0 Å². The number of hydrogen-bond acceptors (Lipinski definition) is 5. The fourth-order valence-electron chi connectivity index (χ4n) is 3.16. The molecule has 1 aromatic heterocycles. The number of amides is 1. The zero-order chi connectivity index (χ0) is 17.1. The van der Waals surface area contributed by atoms with Gasteiger partial charge in [-0.1, -0.05) is 23.4 Å². The molecule has 2 aromatic rings. The first kappa shape index (κ1) is 19.2. The third-order valence-electron chi connectivity index (χ3n) is 4.88. The van der Waals surface area contributed by atoms with E-state index < -0.39 is 0 Å². The second-order valence-electron chi connectivity index (χ2n) is 6.85. The van der Waals surface area contributed by atoms with Crippen molar-refractivity contribution in [2.45, 2.75) is 41.4 Å². The second kappa shape index (κ2) is 8.41. The standard InChI is InChI=1S/C18H23N5OS.ClH/c24-17(16-12-23(22-21-16)14-6-10-19-11-7-14)20-13-18(8-9-18)25-15-4-2-1-3-5-15;/h1-5,12,14,19H,6-11,13H2,(H,20,24);1H. The van der Waals surface area contributed by atoms with Crippen molar-refractivity contribution in [3.63, 3.8) is 0 Å². The van der Waals surface area contributed by atoms with E-state index in [-0.39, 0.29) is 23.1 Å². The van der Waals surface area contributed by atoms with Crippen LogP contribution in [0.1, 0.15) is 42.2 Å². The fraction of sp³-hybridized carbons (Fsp3) is 0.500. The van der Waals surface area contributed by atoms with E-state index in [2.05, 4.69) is 45.2 Å². The molecule has 2 heterocycles. The molecule has 6 nitrogen and oxygen atoms in total. The molecule has 140 valence electrons. The van der Waals surface area contributed by atoms with Gasteiger partial charge in [-0.3, -0.25) is 4.79 Å². The molecule has 1 aliphatic carbocycles. The van der Waals surface area contributed by atoms with Crippen LogP contribution in [0.4, 0.5) is 0 Å². The monoisotopic (exact) mass is 393 g/mol. The summed E-state index contributed by atoms with van der Waals surface area (Å²) in [4.78, 5) is 13.7. The number of hydrogen-bond donors (Lipinski definition) is 2. The number of carbonyl (C=O) groups excluding carboxylic acids is 1. The summed E-state index contributed by atoms with van der Waals surface area (Å²) in [5, 5.41) is 14.6. The van der Waals surface area contributed by atoms with Gasteiger partial charge in [0.15, 0.2) is 5.69 Å². The summed E-state index contributed by atoms with van der Waals surface area (Å²) in [7, 11) is 0. The zero-order valence-corrected chi connectivity index (χ0v) is 16.2. The topological polar surface area (TPSA) is 71.8 Å². The Morgan fingerprint density at radius 1 is 1.27 bits per heavy atom. The third-order valence-corrected chi connectivity index (χ3v) is 6.38. The summed E-state index contributed by atoms with van der Waals surface area (Å²) in [6.07, 6.45) is 6.11. The summed E-state index contributed by atoms with van der Waals surface area (Å²) in [6, 6.07) is 10.7. The van der Waals surface area contributed by atoms with Crippen LogP contribution in [0.25, 0.3) is 0 Å². The molecule has 8 heteroatoms. The molecule has 0 unspecified atom stereocenters. The number of benzene rings is 1. The van der Waals surface area contributed by atoms with Gasteiger partial charge in [-0.25, -0.2) is 4.68 Å². The number of rotatable bonds is 6. The minimum absolute atomic E-state index is 0. The van der Waals surface area contributed by atoms with Gasteiger partial charge in [0.25, 0.3) is 5.91 Å². The third kappa shape index (κ3) is 4.58. The van der Waals surface area contributed by atoms with Gasteiger partial charge in [0, 0.05) is 16.2 Å². The first-order valence-corrected chi connectivity index (χ1v) is 9.71. The normalized spacial score (nSPS) is 18.8. The predicted molar refractivity (Wildman–Crippen MR) is 105 cm³/mol. The highest BCUT2D eigenvalue weighted by molar-refractivity contribution is 8.01. The van der Waals surface area contributed by atoms with Crippen molar-refractivity contribution >= 4 is 30.1 Å². The Morgan fingerprint density at radius 3 is 2.69 bits per heavy atom. The van der Waals surface area contributed by atoms with Crippen molar-refractivity contribution in [1.82, 2.24) is 25.6 Å². The van der Waals surface area contributed by atoms with E-state index in [4.69, 9.17) is 0 Å². The average molecular weight is 394 g/mol. The Labute approximate surface area is 163 Å². The van der Waals surface area contributed by atoms with Crippen LogP contribution in [0.5, 0.6) is 0 Å². The van der Waals surface area contributed by atoms with Gasteiger partial charge in [-0.15, -0.1) is 29.3 Å². The number of halogens is 1. The van der Waals surface area contributed by atoms with Gasteiger partial charge in [-0.2, -0.15) is 0 Å². The van der Waals surface area contributed by atoms with Crippen molar-refractivity contribution in [3.05, 3.63) is 42.2 Å². The van der Waals surface area contributed by atoms with Crippen LogP contribution in [0.2, 0.25) is 0 Å². The van der Waals surface area contributed by atoms with E-state index in [1.54, 1.807) is 6.20 Å². The van der Waals surface area contributed by atoms with Gasteiger partial charge in [0.1, 0.15) is 0 Å². The smallest absolute Gasteiger partial charge is 0.273 e. The molecule has 1 saturated heterocycles. The molecule has 2 N–H and O–H groups in total. The number of piperidine rings is 1. The highest BCUT2D eigenvalue weighted by Gasteiger charge is 2.44. The summed E-state index contributed by atoms with van der Waals surface area (Å²) in [5.74, 6) is -0.125. The Kier molecular flexibility index (Phi) is 6.21. The molecule has 0 bridgehead atoms. The molecule has 0 spiro atoms. The Bertz CT molecular complexity index is 728. The highest BCUT2D eigenvalue weighted by atomic mass is 35.5. The number of nitrogens with zero attached hydrogens (tertiary/aromatic N) is 3. The van der Waals surface area contributed by atoms with E-state index in [1.165, 1.54) is 4.90 Å². The SMILES string of the molecule is Cl.O=C(NCC1(Sc2ccccc2)CC1)c1cn(C2CCNCC2)nn1. The summed E-state index contributed by atoms with van der Waals surface area (Å²) in [5.41, 5.74) is 0.416. The minimum atomic E-state index is -0.125. The van der Waals surface area contributed by atoms with Gasteiger partial charge in [0.2, 0.25) is 0 Å². The molecule has 0 radical (unpaired) electrons. The van der Waals surface area contributed by atoms with Crippen LogP contribution in [-0.4, -0.2) is 45.3 Å². The number of thioether (sulfide) groups is 1. The lowest BCUT2D eigenvalue weighted by Crippen LogP contribution is -2.32. The lowest BCUT2D eigenvalue weighted by molar-refractivity contribution is 0.0948. The lowest BCUT2D eigenvalue weighted by Gasteiger charge is -2.22. The van der Waals surface area contributed by atoms with E-state index in [9.17, 15) is 4.79 Å². The zero-order valence-electron chi connectivity index (χ0n) is 14.6. The fourth-order valence-corrected chi connectivity index (χ4v) is 4.40. The Hall–Kier alpha value is -1.57. The average Bonchev–Trinajstić information content (AvgIpc) is 3.24. The van der Waals surface area contributed by atoms with Gasteiger partial charge in [0.05, 0.1) is 12.2 Å². The Balaban J connectivity index is 0.00000196. The van der Waals surface area contributed by atoms with E-state index >= 15 is 0 Å². The molecule has 1 saturated carbocycles. The largest absolute Gasteiger partial charge is 0.349 e. The predicted octanol–water partition coefficient (Wildman–Crippen LogP) is 2.68. The molecule has 1 aliphatic heterocycles. The van der Waals surface area contributed by atoms with Crippen LogP contribution in [0.15, 0.2) is 41.4 Å². The minimum Gasteiger partial charge on any atom is -0.349 e. The maximum atomic E-state index is 12.4. The highest BCUT2D eigenvalue weighted by Crippen LogP contribution is 2.51. The van der Waals surface area contributed by atoms with Crippen molar-refractivity contribution in [3.8, 4) is 0 Å². The van der Waals surface area contributed by atoms with Gasteiger partial charge in [-0.05, 0) is 50.9 Å². The quantitative estimate of drug-likeness (QED) is 0.789. The van der Waals surface area contributed by atoms with Crippen LogP contribution in [0.3, 0.4) is 0 Å². The van der Waals surface area contributed by atoms with E-state index in [0.29, 0.717) is 18.3 Å². The lowest BCUT2D eigenvalue weighted by atomic mass is 10.1. The van der Waals surface area contributed by atoms with Crippen LogP contribution < -0.4 is 10.6 Å². The van der Waals surface area contributed by atoms with Crippen LogP contribution in [-0.2, 0) is 0 Å².